The molecule has 2 N–H and O–H groups in total. The van der Waals surface area contributed by atoms with Crippen molar-refractivity contribution in [2.45, 2.75) is 57.0 Å². The molecule has 2 saturated carbocycles. The van der Waals surface area contributed by atoms with Crippen molar-refractivity contribution in [3.05, 3.63) is 21.6 Å². The molecule has 2 fully saturated rings. The van der Waals surface area contributed by atoms with Gasteiger partial charge in [-0.2, -0.15) is 5.10 Å². The van der Waals surface area contributed by atoms with Gasteiger partial charge in [-0.1, -0.05) is 30.9 Å². The normalized spacial score (nSPS) is 21.2. The fourth-order valence-electron chi connectivity index (χ4n) is 3.07. The summed E-state index contributed by atoms with van der Waals surface area (Å²) in [4.78, 5) is 12.6. The van der Waals surface area contributed by atoms with Gasteiger partial charge in [-0.05, 0) is 31.6 Å². The minimum Gasteiger partial charge on any atom is -0.394 e. The lowest BCUT2D eigenvalue weighted by molar-refractivity contribution is 0.172. The third kappa shape index (κ3) is 3.24. The van der Waals surface area contributed by atoms with Gasteiger partial charge in [-0.15, -0.1) is 0 Å². The van der Waals surface area contributed by atoms with Crippen LogP contribution in [-0.2, 0) is 6.54 Å². The van der Waals surface area contributed by atoms with Gasteiger partial charge in [0.25, 0.3) is 5.56 Å². The summed E-state index contributed by atoms with van der Waals surface area (Å²) in [7, 11) is 0. The van der Waals surface area contributed by atoms with E-state index in [-0.39, 0.29) is 12.2 Å². The minimum absolute atomic E-state index is 0.0215. The molecule has 1 heterocycles. The number of nitrogens with one attached hydrogen (secondary N) is 1. The van der Waals surface area contributed by atoms with E-state index < -0.39 is 5.54 Å². The zero-order valence-electron chi connectivity index (χ0n) is 12.1. The third-order valence-electron chi connectivity index (χ3n) is 4.63. The van der Waals surface area contributed by atoms with Gasteiger partial charge in [-0.3, -0.25) is 4.79 Å². The predicted molar refractivity (Wildman–Crippen MR) is 82.8 cm³/mol. The van der Waals surface area contributed by atoms with Crippen molar-refractivity contribution in [2.75, 3.05) is 11.9 Å². The molecule has 0 bridgehead atoms. The van der Waals surface area contributed by atoms with Crippen LogP contribution in [0.2, 0.25) is 5.02 Å². The molecule has 0 radical (unpaired) electrons. The van der Waals surface area contributed by atoms with E-state index in [0.29, 0.717) is 23.2 Å². The first-order chi connectivity index (χ1) is 10.1. The molecule has 116 valence electrons. The maximum absolute atomic E-state index is 12.6. The first-order valence-electron chi connectivity index (χ1n) is 7.78. The number of aliphatic hydroxyl groups is 1. The maximum atomic E-state index is 12.6. The van der Waals surface area contributed by atoms with E-state index >= 15 is 0 Å². The second-order valence-electron chi connectivity index (χ2n) is 6.42. The molecule has 2 aliphatic carbocycles. The standard InChI is InChI=1S/C15H22ClN3O2/c16-12-8-17-19(9-11-4-5-11)14(21)13(12)18-15(10-20)6-2-1-3-7-15/h8,11,18,20H,1-7,9-10H2. The number of nitrogens with zero attached hydrogens (tertiary/aromatic N) is 2. The molecule has 0 aliphatic heterocycles. The number of aliphatic hydroxyl groups excluding tert-OH is 1. The van der Waals surface area contributed by atoms with Gasteiger partial charge in [0.05, 0.1) is 23.4 Å². The Kier molecular flexibility index (Phi) is 4.22. The molecular formula is C15H22ClN3O2. The van der Waals surface area contributed by atoms with E-state index in [1.165, 1.54) is 30.1 Å². The van der Waals surface area contributed by atoms with Gasteiger partial charge < -0.3 is 10.4 Å². The number of halogens is 1. The lowest BCUT2D eigenvalue weighted by Crippen LogP contribution is -2.46. The van der Waals surface area contributed by atoms with Gasteiger partial charge in [0.15, 0.2) is 0 Å². The Labute approximate surface area is 129 Å². The molecule has 0 amide bonds. The number of rotatable bonds is 5. The second kappa shape index (κ2) is 5.97. The summed E-state index contributed by atoms with van der Waals surface area (Å²) in [5, 5.41) is 17.5. The molecule has 21 heavy (non-hydrogen) atoms. The molecule has 0 atom stereocenters. The van der Waals surface area contributed by atoms with Crippen LogP contribution in [0.25, 0.3) is 0 Å². The van der Waals surface area contributed by atoms with Crippen LogP contribution in [0.1, 0.15) is 44.9 Å². The summed E-state index contributed by atoms with van der Waals surface area (Å²) in [5.74, 6) is 0.575. The topological polar surface area (TPSA) is 67.2 Å². The summed E-state index contributed by atoms with van der Waals surface area (Å²) in [5.41, 5.74) is -0.198. The molecule has 0 aromatic carbocycles. The van der Waals surface area contributed by atoms with Gasteiger partial charge in [0.1, 0.15) is 5.69 Å². The van der Waals surface area contributed by atoms with Gasteiger partial charge in [0, 0.05) is 6.54 Å². The number of anilines is 1. The number of hydrogen-bond donors (Lipinski definition) is 2. The van der Waals surface area contributed by atoms with Crippen LogP contribution in [0.3, 0.4) is 0 Å². The molecule has 5 nitrogen and oxygen atoms in total. The first kappa shape index (κ1) is 14.9. The average molecular weight is 312 g/mol. The highest BCUT2D eigenvalue weighted by molar-refractivity contribution is 6.33. The van der Waals surface area contributed by atoms with Crippen molar-refractivity contribution < 1.29 is 5.11 Å². The highest BCUT2D eigenvalue weighted by Gasteiger charge is 2.33. The van der Waals surface area contributed by atoms with Crippen molar-refractivity contribution in [1.82, 2.24) is 9.78 Å². The Bertz CT molecular complexity index is 563. The van der Waals surface area contributed by atoms with Crippen LogP contribution in [0.4, 0.5) is 5.69 Å². The summed E-state index contributed by atoms with van der Waals surface area (Å²) >= 11 is 6.17. The smallest absolute Gasteiger partial charge is 0.291 e. The van der Waals surface area contributed by atoms with E-state index in [1.54, 1.807) is 0 Å². The van der Waals surface area contributed by atoms with E-state index in [2.05, 4.69) is 10.4 Å². The van der Waals surface area contributed by atoms with E-state index in [0.717, 1.165) is 25.7 Å². The summed E-state index contributed by atoms with van der Waals surface area (Å²) in [6.45, 7) is 0.685. The molecule has 2 aliphatic rings. The Balaban J connectivity index is 1.87. The third-order valence-corrected chi connectivity index (χ3v) is 4.92. The Morgan fingerprint density at radius 2 is 2.10 bits per heavy atom. The fourth-order valence-corrected chi connectivity index (χ4v) is 3.24. The lowest BCUT2D eigenvalue weighted by Gasteiger charge is -2.37. The zero-order chi connectivity index (χ0) is 14.9. The summed E-state index contributed by atoms with van der Waals surface area (Å²) < 4.78 is 1.50. The Morgan fingerprint density at radius 1 is 1.38 bits per heavy atom. The summed E-state index contributed by atoms with van der Waals surface area (Å²) in [6, 6.07) is 0. The Hall–Kier alpha value is -1.07. The van der Waals surface area contributed by atoms with Crippen molar-refractivity contribution in [3.8, 4) is 0 Å². The number of hydrogen-bond acceptors (Lipinski definition) is 4. The first-order valence-corrected chi connectivity index (χ1v) is 8.16. The van der Waals surface area contributed by atoms with Gasteiger partial charge in [-0.25, -0.2) is 4.68 Å². The molecule has 0 unspecified atom stereocenters. The maximum Gasteiger partial charge on any atom is 0.291 e. The average Bonchev–Trinajstić information content (AvgIpc) is 3.32. The lowest BCUT2D eigenvalue weighted by atomic mass is 9.82. The second-order valence-corrected chi connectivity index (χ2v) is 6.83. The molecule has 1 aromatic heterocycles. The van der Waals surface area contributed by atoms with Crippen LogP contribution in [-0.4, -0.2) is 27.0 Å². The highest BCUT2D eigenvalue weighted by atomic mass is 35.5. The number of aromatic nitrogens is 2. The largest absolute Gasteiger partial charge is 0.394 e. The van der Waals surface area contributed by atoms with Crippen LogP contribution in [0, 0.1) is 5.92 Å². The molecule has 1 aromatic rings. The van der Waals surface area contributed by atoms with Crippen LogP contribution < -0.4 is 10.9 Å². The quantitative estimate of drug-likeness (QED) is 0.876. The van der Waals surface area contributed by atoms with Crippen molar-refractivity contribution in [3.63, 3.8) is 0 Å². The van der Waals surface area contributed by atoms with Gasteiger partial charge in [0.2, 0.25) is 0 Å². The zero-order valence-corrected chi connectivity index (χ0v) is 12.9. The molecule has 3 rings (SSSR count). The Morgan fingerprint density at radius 3 is 2.71 bits per heavy atom. The molecular weight excluding hydrogens is 290 g/mol. The molecule has 6 heteroatoms. The van der Waals surface area contributed by atoms with Crippen LogP contribution in [0.15, 0.2) is 11.0 Å². The highest BCUT2D eigenvalue weighted by Crippen LogP contribution is 2.33. The van der Waals surface area contributed by atoms with Gasteiger partial charge >= 0.3 is 0 Å². The van der Waals surface area contributed by atoms with Crippen molar-refractivity contribution in [1.29, 1.82) is 0 Å². The SMILES string of the molecule is O=c1c(NC2(CO)CCCCC2)c(Cl)cnn1CC1CC1. The predicted octanol–water partition coefficient (Wildman–Crippen LogP) is 2.41. The minimum atomic E-state index is -0.417. The molecule has 0 saturated heterocycles. The van der Waals surface area contributed by atoms with E-state index in [4.69, 9.17) is 11.6 Å². The fraction of sp³-hybridized carbons (Fsp3) is 0.733. The monoisotopic (exact) mass is 311 g/mol. The summed E-state index contributed by atoms with van der Waals surface area (Å²) in [6.07, 6.45) is 8.90. The van der Waals surface area contributed by atoms with Crippen molar-refractivity contribution in [2.24, 2.45) is 5.92 Å². The van der Waals surface area contributed by atoms with E-state index in [1.807, 2.05) is 0 Å². The molecule has 0 spiro atoms. The van der Waals surface area contributed by atoms with Crippen molar-refractivity contribution >= 4 is 17.3 Å². The van der Waals surface area contributed by atoms with E-state index in [9.17, 15) is 9.90 Å². The van der Waals surface area contributed by atoms with Crippen LogP contribution in [0.5, 0.6) is 0 Å². The van der Waals surface area contributed by atoms with Crippen LogP contribution >= 0.6 is 11.6 Å².